The maximum absolute atomic E-state index is 11.6. The summed E-state index contributed by atoms with van der Waals surface area (Å²) in [6, 6.07) is 0. The Kier molecular flexibility index (Phi) is 8.95. The molecule has 148 valence electrons. The van der Waals surface area contributed by atoms with Gasteiger partial charge in [-0.05, 0) is 33.1 Å². The van der Waals surface area contributed by atoms with Crippen molar-refractivity contribution in [2.24, 2.45) is 10.9 Å². The predicted octanol–water partition coefficient (Wildman–Crippen LogP) is 2.12. The van der Waals surface area contributed by atoms with Crippen molar-refractivity contribution in [1.82, 2.24) is 25.5 Å². The minimum atomic E-state index is -0.477. The largest absolute Gasteiger partial charge is 0.444 e. The van der Waals surface area contributed by atoms with Crippen LogP contribution in [0.1, 0.15) is 46.9 Å². The minimum Gasteiger partial charge on any atom is -0.444 e. The number of guanidine groups is 1. The van der Waals surface area contributed by atoms with Crippen LogP contribution >= 0.6 is 0 Å². The average Bonchev–Trinajstić information content (AvgIpc) is 2.94. The zero-order valence-electron chi connectivity index (χ0n) is 16.9. The first-order chi connectivity index (χ1) is 12.2. The summed E-state index contributed by atoms with van der Waals surface area (Å²) >= 11 is 0. The standard InChI is InChI=1S/C18H34N6O2/c1-14(2)13-24-11-10-20-15(24)12-23-16(19-6)21-8-7-9-22-17(25)26-18(3,4)5/h10-11,14H,7-9,12-13H2,1-6H3,(H,22,25)(H2,19,21,23). The Labute approximate surface area is 156 Å². The number of hydrogen-bond donors (Lipinski definition) is 3. The summed E-state index contributed by atoms with van der Waals surface area (Å²) in [5.74, 6) is 2.26. The SMILES string of the molecule is CN=C(NCCCNC(=O)OC(C)(C)C)NCc1nccn1CC(C)C. The van der Waals surface area contributed by atoms with E-state index in [2.05, 4.69) is 44.3 Å². The van der Waals surface area contributed by atoms with Crippen LogP contribution in [-0.2, 0) is 17.8 Å². The molecule has 3 N–H and O–H groups in total. The van der Waals surface area contributed by atoms with Crippen LogP contribution in [-0.4, -0.2) is 47.3 Å². The van der Waals surface area contributed by atoms with Crippen LogP contribution in [0.5, 0.6) is 0 Å². The summed E-state index contributed by atoms with van der Waals surface area (Å²) in [6.07, 6.45) is 4.19. The van der Waals surface area contributed by atoms with Gasteiger partial charge in [0.2, 0.25) is 0 Å². The molecule has 0 unspecified atom stereocenters. The summed E-state index contributed by atoms with van der Waals surface area (Å²) in [5, 5.41) is 9.22. The summed E-state index contributed by atoms with van der Waals surface area (Å²) in [6.45, 7) is 12.7. The molecule has 26 heavy (non-hydrogen) atoms. The minimum absolute atomic E-state index is 0.392. The maximum atomic E-state index is 11.6. The first kappa shape index (κ1) is 21.8. The van der Waals surface area contributed by atoms with E-state index in [9.17, 15) is 4.79 Å². The van der Waals surface area contributed by atoms with Crippen molar-refractivity contribution in [1.29, 1.82) is 0 Å². The van der Waals surface area contributed by atoms with Gasteiger partial charge in [-0.3, -0.25) is 4.99 Å². The fourth-order valence-electron chi connectivity index (χ4n) is 2.25. The van der Waals surface area contributed by atoms with E-state index in [1.54, 1.807) is 7.05 Å². The monoisotopic (exact) mass is 366 g/mol. The molecule has 8 heteroatoms. The normalized spacial score (nSPS) is 12.2. The molecule has 0 saturated heterocycles. The fraction of sp³-hybridized carbons (Fsp3) is 0.722. The second kappa shape index (κ2) is 10.7. The van der Waals surface area contributed by atoms with Crippen LogP contribution in [0.25, 0.3) is 0 Å². The zero-order valence-corrected chi connectivity index (χ0v) is 16.9. The molecule has 1 aromatic rings. The van der Waals surface area contributed by atoms with Gasteiger partial charge in [0.15, 0.2) is 5.96 Å². The number of imidazole rings is 1. The number of carbonyl (C=O) groups is 1. The van der Waals surface area contributed by atoms with Gasteiger partial charge in [-0.15, -0.1) is 0 Å². The Hall–Kier alpha value is -2.25. The van der Waals surface area contributed by atoms with Crippen LogP contribution in [0, 0.1) is 5.92 Å². The van der Waals surface area contributed by atoms with E-state index in [0.29, 0.717) is 31.5 Å². The van der Waals surface area contributed by atoms with Gasteiger partial charge in [-0.2, -0.15) is 0 Å². The molecule has 0 atom stereocenters. The van der Waals surface area contributed by atoms with Crippen molar-refractivity contribution in [2.45, 2.75) is 59.7 Å². The number of carbonyl (C=O) groups excluding carboxylic acids is 1. The van der Waals surface area contributed by atoms with Crippen molar-refractivity contribution in [2.75, 3.05) is 20.1 Å². The second-order valence-electron chi connectivity index (χ2n) is 7.52. The van der Waals surface area contributed by atoms with Crippen LogP contribution in [0.4, 0.5) is 4.79 Å². The number of aliphatic imine (C=N–C) groups is 1. The van der Waals surface area contributed by atoms with Crippen LogP contribution in [0.15, 0.2) is 17.4 Å². The third kappa shape index (κ3) is 9.29. The molecule has 1 rings (SSSR count). The number of hydrogen-bond acceptors (Lipinski definition) is 4. The summed E-state index contributed by atoms with van der Waals surface area (Å²) in [7, 11) is 1.73. The summed E-state index contributed by atoms with van der Waals surface area (Å²) in [5.41, 5.74) is -0.477. The number of amides is 1. The van der Waals surface area contributed by atoms with E-state index in [4.69, 9.17) is 4.74 Å². The van der Waals surface area contributed by atoms with Crippen molar-refractivity contribution in [3.63, 3.8) is 0 Å². The van der Waals surface area contributed by atoms with Crippen molar-refractivity contribution in [3.05, 3.63) is 18.2 Å². The molecule has 0 spiro atoms. The molecule has 0 aliphatic heterocycles. The van der Waals surface area contributed by atoms with Gasteiger partial charge in [0, 0.05) is 39.1 Å². The lowest BCUT2D eigenvalue weighted by Gasteiger charge is -2.19. The van der Waals surface area contributed by atoms with E-state index >= 15 is 0 Å². The number of alkyl carbamates (subject to hydrolysis) is 1. The Morgan fingerprint density at radius 3 is 2.58 bits per heavy atom. The van der Waals surface area contributed by atoms with Gasteiger partial charge in [0.25, 0.3) is 0 Å². The van der Waals surface area contributed by atoms with Gasteiger partial charge < -0.3 is 25.3 Å². The molecular formula is C18H34N6O2. The smallest absolute Gasteiger partial charge is 0.407 e. The van der Waals surface area contributed by atoms with Gasteiger partial charge >= 0.3 is 6.09 Å². The quantitative estimate of drug-likeness (QED) is 0.372. The molecule has 1 amide bonds. The van der Waals surface area contributed by atoms with E-state index in [-0.39, 0.29) is 0 Å². The summed E-state index contributed by atoms with van der Waals surface area (Å²) in [4.78, 5) is 20.1. The van der Waals surface area contributed by atoms with Gasteiger partial charge in [-0.25, -0.2) is 9.78 Å². The van der Waals surface area contributed by atoms with Crippen molar-refractivity contribution in [3.8, 4) is 0 Å². The predicted molar refractivity (Wildman–Crippen MR) is 104 cm³/mol. The average molecular weight is 367 g/mol. The molecule has 0 radical (unpaired) electrons. The molecule has 0 aliphatic rings. The number of aromatic nitrogens is 2. The number of nitrogens with one attached hydrogen (secondary N) is 3. The molecule has 0 bridgehead atoms. The highest BCUT2D eigenvalue weighted by molar-refractivity contribution is 5.79. The molecule has 1 heterocycles. The lowest BCUT2D eigenvalue weighted by molar-refractivity contribution is 0.0527. The number of rotatable bonds is 8. The molecule has 0 aliphatic carbocycles. The zero-order chi connectivity index (χ0) is 19.6. The van der Waals surface area contributed by atoms with E-state index in [1.165, 1.54) is 0 Å². The first-order valence-corrected chi connectivity index (χ1v) is 9.12. The van der Waals surface area contributed by atoms with Gasteiger partial charge in [0.1, 0.15) is 11.4 Å². The number of nitrogens with zero attached hydrogens (tertiary/aromatic N) is 3. The van der Waals surface area contributed by atoms with E-state index < -0.39 is 11.7 Å². The third-order valence-electron chi connectivity index (χ3n) is 3.32. The van der Waals surface area contributed by atoms with Crippen LogP contribution in [0.3, 0.4) is 0 Å². The van der Waals surface area contributed by atoms with Gasteiger partial charge in [0.05, 0.1) is 6.54 Å². The Balaban J connectivity index is 2.26. The van der Waals surface area contributed by atoms with E-state index in [1.807, 2.05) is 33.2 Å². The Morgan fingerprint density at radius 1 is 1.27 bits per heavy atom. The highest BCUT2D eigenvalue weighted by Crippen LogP contribution is 2.06. The third-order valence-corrected chi connectivity index (χ3v) is 3.32. The Bertz CT molecular complexity index is 574. The molecular weight excluding hydrogens is 332 g/mol. The van der Waals surface area contributed by atoms with Gasteiger partial charge in [-0.1, -0.05) is 13.8 Å². The highest BCUT2D eigenvalue weighted by atomic mass is 16.6. The van der Waals surface area contributed by atoms with E-state index in [0.717, 1.165) is 18.8 Å². The van der Waals surface area contributed by atoms with Crippen LogP contribution in [0.2, 0.25) is 0 Å². The Morgan fingerprint density at radius 2 is 1.96 bits per heavy atom. The van der Waals surface area contributed by atoms with Crippen molar-refractivity contribution >= 4 is 12.1 Å². The molecule has 1 aromatic heterocycles. The first-order valence-electron chi connectivity index (χ1n) is 9.12. The molecule has 0 aromatic carbocycles. The lowest BCUT2D eigenvalue weighted by atomic mass is 10.2. The topological polar surface area (TPSA) is 92.6 Å². The second-order valence-corrected chi connectivity index (χ2v) is 7.52. The molecule has 8 nitrogen and oxygen atoms in total. The molecule has 0 fully saturated rings. The fourth-order valence-corrected chi connectivity index (χ4v) is 2.25. The van der Waals surface area contributed by atoms with Crippen molar-refractivity contribution < 1.29 is 9.53 Å². The lowest BCUT2D eigenvalue weighted by Crippen LogP contribution is -2.39. The number of ether oxygens (including phenoxy) is 1. The van der Waals surface area contributed by atoms with Crippen LogP contribution < -0.4 is 16.0 Å². The molecule has 0 saturated carbocycles. The maximum Gasteiger partial charge on any atom is 0.407 e. The summed E-state index contributed by atoms with van der Waals surface area (Å²) < 4.78 is 7.34. The highest BCUT2D eigenvalue weighted by Gasteiger charge is 2.15.